The van der Waals surface area contributed by atoms with Crippen LogP contribution in [0.2, 0.25) is 0 Å². The van der Waals surface area contributed by atoms with Gasteiger partial charge in [-0.1, -0.05) is 102 Å². The van der Waals surface area contributed by atoms with Crippen LogP contribution in [0.15, 0.2) is 24.3 Å². The van der Waals surface area contributed by atoms with Crippen LogP contribution in [0.4, 0.5) is 0 Å². The zero-order chi connectivity index (χ0) is 19.3. The Balaban J connectivity index is 1.69. The Morgan fingerprint density at radius 1 is 0.889 bits per heavy atom. The van der Waals surface area contributed by atoms with Gasteiger partial charge in [0, 0.05) is 5.56 Å². The van der Waals surface area contributed by atoms with Gasteiger partial charge < -0.3 is 5.11 Å². The fourth-order valence-corrected chi connectivity index (χ4v) is 4.31. The number of unbranched alkanes of at least 4 members (excludes halogenated alkanes) is 4. The van der Waals surface area contributed by atoms with E-state index in [9.17, 15) is 5.11 Å². The van der Waals surface area contributed by atoms with Gasteiger partial charge in [0.1, 0.15) is 6.10 Å². The number of hydrogen-bond acceptors (Lipinski definition) is 1. The van der Waals surface area contributed by atoms with Crippen LogP contribution in [-0.4, -0.2) is 11.2 Å². The molecule has 0 bridgehead atoms. The number of rotatable bonds is 10. The van der Waals surface area contributed by atoms with E-state index in [4.69, 9.17) is 0 Å². The SMILES string of the molecule is CCCCCc1ccc(C#CC(O)CC2CCC(CCCCC)CC2)cc1. The van der Waals surface area contributed by atoms with E-state index in [0.29, 0.717) is 5.92 Å². The maximum Gasteiger partial charge on any atom is 0.115 e. The van der Waals surface area contributed by atoms with E-state index >= 15 is 0 Å². The van der Waals surface area contributed by atoms with E-state index in [2.05, 4.69) is 50.0 Å². The molecule has 1 N–H and O–H groups in total. The number of aliphatic hydroxyl groups excluding tert-OH is 1. The average Bonchev–Trinajstić information content (AvgIpc) is 2.69. The first kappa shape index (κ1) is 22.0. The van der Waals surface area contributed by atoms with Crippen LogP contribution in [0, 0.1) is 23.7 Å². The largest absolute Gasteiger partial charge is 0.380 e. The minimum atomic E-state index is -0.476. The highest BCUT2D eigenvalue weighted by Crippen LogP contribution is 2.34. The molecule has 150 valence electrons. The van der Waals surface area contributed by atoms with Gasteiger partial charge in [-0.2, -0.15) is 0 Å². The molecule has 1 aliphatic rings. The number of aryl methyl sites for hydroxylation is 1. The predicted molar refractivity (Wildman–Crippen MR) is 117 cm³/mol. The third-order valence-electron chi connectivity index (χ3n) is 6.14. The highest BCUT2D eigenvalue weighted by Gasteiger charge is 2.22. The Hall–Kier alpha value is -1.26. The highest BCUT2D eigenvalue weighted by atomic mass is 16.3. The van der Waals surface area contributed by atoms with Crippen molar-refractivity contribution >= 4 is 0 Å². The Morgan fingerprint density at radius 3 is 2.19 bits per heavy atom. The molecule has 1 aromatic carbocycles. The Labute approximate surface area is 168 Å². The summed E-state index contributed by atoms with van der Waals surface area (Å²) >= 11 is 0. The minimum Gasteiger partial charge on any atom is -0.380 e. The van der Waals surface area contributed by atoms with Gasteiger partial charge in [0.25, 0.3) is 0 Å². The van der Waals surface area contributed by atoms with Gasteiger partial charge in [0.05, 0.1) is 0 Å². The minimum absolute atomic E-state index is 0.476. The molecule has 1 fully saturated rings. The van der Waals surface area contributed by atoms with Gasteiger partial charge in [-0.15, -0.1) is 0 Å². The molecule has 1 unspecified atom stereocenters. The molecule has 27 heavy (non-hydrogen) atoms. The summed E-state index contributed by atoms with van der Waals surface area (Å²) in [5.74, 6) is 7.85. The molecule has 0 saturated heterocycles. The molecule has 1 heteroatoms. The highest BCUT2D eigenvalue weighted by molar-refractivity contribution is 5.36. The van der Waals surface area contributed by atoms with Crippen molar-refractivity contribution in [2.45, 2.75) is 103 Å². The van der Waals surface area contributed by atoms with Crippen LogP contribution in [0.1, 0.15) is 102 Å². The van der Waals surface area contributed by atoms with Crippen LogP contribution in [0.5, 0.6) is 0 Å². The predicted octanol–water partition coefficient (Wildman–Crippen LogP) is 6.91. The molecule has 1 aliphatic carbocycles. The fourth-order valence-electron chi connectivity index (χ4n) is 4.31. The summed E-state index contributed by atoms with van der Waals surface area (Å²) in [6, 6.07) is 8.57. The first-order valence-corrected chi connectivity index (χ1v) is 11.5. The standard InChI is InChI=1S/C26H40O/c1-3-5-7-9-22-11-13-24(14-12-22)19-20-26(27)21-25-17-15-23(16-18-25)10-8-6-4-2/h11-14,23,25-27H,3-10,15-18,21H2,1-2H3. The van der Waals surface area contributed by atoms with E-state index < -0.39 is 6.10 Å². The fraction of sp³-hybridized carbons (Fsp3) is 0.692. The maximum absolute atomic E-state index is 10.3. The van der Waals surface area contributed by atoms with Gasteiger partial charge >= 0.3 is 0 Å². The van der Waals surface area contributed by atoms with Crippen LogP contribution in [0.3, 0.4) is 0 Å². The molecule has 0 radical (unpaired) electrons. The lowest BCUT2D eigenvalue weighted by Gasteiger charge is -2.29. The lowest BCUT2D eigenvalue weighted by molar-refractivity contribution is 0.161. The average molecular weight is 369 g/mol. The van der Waals surface area contributed by atoms with Gasteiger partial charge in [0.2, 0.25) is 0 Å². The van der Waals surface area contributed by atoms with E-state index in [-0.39, 0.29) is 0 Å². The number of aliphatic hydroxyl groups is 1. The summed E-state index contributed by atoms with van der Waals surface area (Å²) in [5.41, 5.74) is 2.41. The van der Waals surface area contributed by atoms with Crippen LogP contribution >= 0.6 is 0 Å². The second kappa shape index (κ2) is 13.0. The van der Waals surface area contributed by atoms with Crippen LogP contribution in [-0.2, 0) is 6.42 Å². The number of hydrogen-bond donors (Lipinski definition) is 1. The van der Waals surface area contributed by atoms with E-state index in [1.807, 2.05) is 0 Å². The summed E-state index contributed by atoms with van der Waals surface area (Å²) in [7, 11) is 0. The van der Waals surface area contributed by atoms with Crippen molar-refractivity contribution in [3.63, 3.8) is 0 Å². The molecule has 0 spiro atoms. The molecule has 0 aliphatic heterocycles. The second-order valence-corrected chi connectivity index (χ2v) is 8.56. The van der Waals surface area contributed by atoms with Crippen molar-refractivity contribution < 1.29 is 5.11 Å². The zero-order valence-electron chi connectivity index (χ0n) is 17.7. The summed E-state index contributed by atoms with van der Waals surface area (Å²) in [4.78, 5) is 0. The Morgan fingerprint density at radius 2 is 1.52 bits per heavy atom. The first-order chi connectivity index (χ1) is 13.2. The first-order valence-electron chi connectivity index (χ1n) is 11.5. The molecular formula is C26H40O. The summed E-state index contributed by atoms with van der Waals surface area (Å²) < 4.78 is 0. The van der Waals surface area contributed by atoms with Gasteiger partial charge in [-0.05, 0) is 48.8 Å². The second-order valence-electron chi connectivity index (χ2n) is 8.56. The lowest BCUT2D eigenvalue weighted by atomic mass is 9.78. The molecule has 2 rings (SSSR count). The van der Waals surface area contributed by atoms with E-state index in [0.717, 1.165) is 24.3 Å². The quantitative estimate of drug-likeness (QED) is 0.351. The summed E-state index contributed by atoms with van der Waals surface area (Å²) in [6.07, 6.45) is 16.2. The zero-order valence-corrected chi connectivity index (χ0v) is 17.7. The molecular weight excluding hydrogens is 328 g/mol. The summed E-state index contributed by atoms with van der Waals surface area (Å²) in [5, 5.41) is 10.3. The van der Waals surface area contributed by atoms with Gasteiger partial charge in [0.15, 0.2) is 0 Å². The molecule has 1 aromatic rings. The van der Waals surface area contributed by atoms with Crippen LogP contribution in [0.25, 0.3) is 0 Å². The van der Waals surface area contributed by atoms with E-state index in [1.54, 1.807) is 0 Å². The normalized spacial score (nSPS) is 20.7. The van der Waals surface area contributed by atoms with Gasteiger partial charge in [-0.25, -0.2) is 0 Å². The molecule has 1 nitrogen and oxygen atoms in total. The third-order valence-corrected chi connectivity index (χ3v) is 6.14. The smallest absolute Gasteiger partial charge is 0.115 e. The molecule has 0 amide bonds. The van der Waals surface area contributed by atoms with Gasteiger partial charge in [-0.3, -0.25) is 0 Å². The summed E-state index contributed by atoms with van der Waals surface area (Å²) in [6.45, 7) is 4.52. The number of benzene rings is 1. The Kier molecular flexibility index (Phi) is 10.6. The molecule has 0 aromatic heterocycles. The van der Waals surface area contributed by atoms with Crippen molar-refractivity contribution in [2.24, 2.45) is 11.8 Å². The van der Waals surface area contributed by atoms with Crippen molar-refractivity contribution in [3.8, 4) is 11.8 Å². The molecule has 0 heterocycles. The molecule has 1 atom stereocenters. The van der Waals surface area contributed by atoms with Crippen molar-refractivity contribution in [1.82, 2.24) is 0 Å². The third kappa shape index (κ3) is 8.98. The lowest BCUT2D eigenvalue weighted by Crippen LogP contribution is -2.19. The monoisotopic (exact) mass is 368 g/mol. The van der Waals surface area contributed by atoms with E-state index in [1.165, 1.54) is 76.2 Å². The van der Waals surface area contributed by atoms with Crippen LogP contribution < -0.4 is 0 Å². The van der Waals surface area contributed by atoms with Crippen molar-refractivity contribution in [3.05, 3.63) is 35.4 Å². The van der Waals surface area contributed by atoms with Crippen molar-refractivity contribution in [2.75, 3.05) is 0 Å². The molecule has 1 saturated carbocycles. The van der Waals surface area contributed by atoms with Crippen molar-refractivity contribution in [1.29, 1.82) is 0 Å². The Bertz CT molecular complexity index is 554. The maximum atomic E-state index is 10.3. The topological polar surface area (TPSA) is 20.2 Å².